The van der Waals surface area contributed by atoms with Gasteiger partial charge < -0.3 is 10.4 Å². The zero-order valence-corrected chi connectivity index (χ0v) is 13.4. The van der Waals surface area contributed by atoms with Crippen molar-refractivity contribution in [3.63, 3.8) is 0 Å². The van der Waals surface area contributed by atoms with E-state index in [4.69, 9.17) is 5.11 Å². The van der Waals surface area contributed by atoms with Crippen molar-refractivity contribution in [1.82, 2.24) is 19.9 Å². The summed E-state index contributed by atoms with van der Waals surface area (Å²) >= 11 is 0. The standard InChI is InChI=1S/C18H17FN4O2/c19-16-12-4-1-2-5-14(22-18(24)25)11(12)7-8-13(16)17-15-6-3-9-23(15)21-10-20-17/h3,6-10,14,22H,1-2,4-5H2,(H,24,25)/t14-/m1/s1. The van der Waals surface area contributed by atoms with Crippen LogP contribution < -0.4 is 5.32 Å². The summed E-state index contributed by atoms with van der Waals surface area (Å²) in [6.07, 6.45) is 5.05. The molecule has 7 heteroatoms. The fraction of sp³-hybridized carbons (Fsp3) is 0.278. The highest BCUT2D eigenvalue weighted by Gasteiger charge is 2.25. The van der Waals surface area contributed by atoms with Crippen molar-refractivity contribution < 1.29 is 14.3 Å². The van der Waals surface area contributed by atoms with Crippen LogP contribution in [0, 0.1) is 5.82 Å². The summed E-state index contributed by atoms with van der Waals surface area (Å²) in [4.78, 5) is 15.3. The molecule has 1 amide bonds. The van der Waals surface area contributed by atoms with Crippen LogP contribution in [0.5, 0.6) is 0 Å². The van der Waals surface area contributed by atoms with Crippen LogP contribution in [0.2, 0.25) is 0 Å². The Morgan fingerprint density at radius 1 is 1.32 bits per heavy atom. The van der Waals surface area contributed by atoms with E-state index in [0.29, 0.717) is 29.7 Å². The molecule has 1 aliphatic carbocycles. The Kier molecular flexibility index (Phi) is 3.83. The Bertz CT molecular complexity index is 953. The molecule has 1 atom stereocenters. The quantitative estimate of drug-likeness (QED) is 0.699. The second-order valence-corrected chi connectivity index (χ2v) is 6.19. The van der Waals surface area contributed by atoms with E-state index in [1.54, 1.807) is 16.8 Å². The minimum Gasteiger partial charge on any atom is -0.465 e. The summed E-state index contributed by atoms with van der Waals surface area (Å²) < 4.78 is 17.0. The van der Waals surface area contributed by atoms with Gasteiger partial charge in [-0.3, -0.25) is 0 Å². The number of nitrogens with zero attached hydrogens (tertiary/aromatic N) is 3. The number of nitrogens with one attached hydrogen (secondary N) is 1. The van der Waals surface area contributed by atoms with Gasteiger partial charge >= 0.3 is 6.09 Å². The smallest absolute Gasteiger partial charge is 0.405 e. The monoisotopic (exact) mass is 340 g/mol. The van der Waals surface area contributed by atoms with Gasteiger partial charge in [-0.2, -0.15) is 5.10 Å². The Balaban J connectivity index is 1.86. The minimum absolute atomic E-state index is 0.321. The molecule has 0 bridgehead atoms. The van der Waals surface area contributed by atoms with Crippen LogP contribution in [-0.4, -0.2) is 25.8 Å². The van der Waals surface area contributed by atoms with Gasteiger partial charge in [-0.1, -0.05) is 12.5 Å². The maximum Gasteiger partial charge on any atom is 0.405 e. The molecule has 0 spiro atoms. The predicted molar refractivity (Wildman–Crippen MR) is 89.8 cm³/mol. The molecule has 0 fully saturated rings. The second-order valence-electron chi connectivity index (χ2n) is 6.19. The van der Waals surface area contributed by atoms with Crippen molar-refractivity contribution in [1.29, 1.82) is 0 Å². The van der Waals surface area contributed by atoms with Gasteiger partial charge in [0.1, 0.15) is 17.8 Å². The first-order chi connectivity index (χ1) is 12.1. The van der Waals surface area contributed by atoms with Crippen molar-refractivity contribution in [3.8, 4) is 11.3 Å². The first-order valence-corrected chi connectivity index (χ1v) is 8.24. The Hall–Kier alpha value is -2.96. The van der Waals surface area contributed by atoms with Crippen molar-refractivity contribution in [2.75, 3.05) is 0 Å². The highest BCUT2D eigenvalue weighted by atomic mass is 19.1. The molecule has 0 saturated carbocycles. The zero-order chi connectivity index (χ0) is 17.4. The summed E-state index contributed by atoms with van der Waals surface area (Å²) in [6.45, 7) is 0. The molecule has 2 N–H and O–H groups in total. The number of fused-ring (bicyclic) bond motifs is 2. The molecule has 3 aromatic rings. The van der Waals surface area contributed by atoms with E-state index >= 15 is 4.39 Å². The molecule has 128 valence electrons. The maximum atomic E-state index is 15.3. The number of rotatable bonds is 2. The van der Waals surface area contributed by atoms with Crippen LogP contribution in [0.15, 0.2) is 36.8 Å². The number of amides is 1. The van der Waals surface area contributed by atoms with E-state index in [-0.39, 0.29) is 11.9 Å². The Morgan fingerprint density at radius 3 is 3.04 bits per heavy atom. The molecule has 1 aliphatic rings. The number of carbonyl (C=O) groups is 1. The van der Waals surface area contributed by atoms with Crippen molar-refractivity contribution in [3.05, 3.63) is 53.7 Å². The van der Waals surface area contributed by atoms with Gasteiger partial charge in [0, 0.05) is 11.8 Å². The van der Waals surface area contributed by atoms with Crippen LogP contribution in [0.3, 0.4) is 0 Å². The van der Waals surface area contributed by atoms with Gasteiger partial charge in [-0.25, -0.2) is 18.7 Å². The maximum absolute atomic E-state index is 15.3. The molecule has 0 aliphatic heterocycles. The molecule has 2 heterocycles. The Labute approximate surface area is 143 Å². The third-order valence-corrected chi connectivity index (χ3v) is 4.71. The van der Waals surface area contributed by atoms with Crippen LogP contribution in [-0.2, 0) is 6.42 Å². The van der Waals surface area contributed by atoms with Crippen molar-refractivity contribution in [2.24, 2.45) is 0 Å². The van der Waals surface area contributed by atoms with E-state index in [1.807, 2.05) is 18.2 Å². The number of benzene rings is 1. The highest BCUT2D eigenvalue weighted by molar-refractivity contribution is 5.77. The van der Waals surface area contributed by atoms with Gasteiger partial charge in [0.25, 0.3) is 0 Å². The van der Waals surface area contributed by atoms with Gasteiger partial charge in [-0.15, -0.1) is 0 Å². The fourth-order valence-electron chi connectivity index (χ4n) is 3.58. The topological polar surface area (TPSA) is 79.5 Å². The summed E-state index contributed by atoms with van der Waals surface area (Å²) in [5, 5.41) is 15.7. The van der Waals surface area contributed by atoms with E-state index in [9.17, 15) is 4.79 Å². The molecule has 6 nitrogen and oxygen atoms in total. The van der Waals surface area contributed by atoms with E-state index in [1.165, 1.54) is 6.33 Å². The fourth-order valence-corrected chi connectivity index (χ4v) is 3.58. The number of hydrogen-bond acceptors (Lipinski definition) is 3. The zero-order valence-electron chi connectivity index (χ0n) is 13.4. The lowest BCUT2D eigenvalue weighted by Gasteiger charge is -2.19. The molecular formula is C18H17FN4O2. The van der Waals surface area contributed by atoms with Gasteiger partial charge in [0.05, 0.1) is 11.6 Å². The van der Waals surface area contributed by atoms with Gasteiger partial charge in [0.2, 0.25) is 0 Å². The lowest BCUT2D eigenvalue weighted by atomic mass is 9.94. The van der Waals surface area contributed by atoms with Crippen LogP contribution in [0.1, 0.15) is 36.4 Å². The highest BCUT2D eigenvalue weighted by Crippen LogP contribution is 2.35. The first-order valence-electron chi connectivity index (χ1n) is 8.24. The lowest BCUT2D eigenvalue weighted by molar-refractivity contribution is 0.189. The molecule has 2 aromatic heterocycles. The number of aromatic nitrogens is 3. The number of carboxylic acid groups (broad SMARTS) is 1. The molecule has 0 saturated heterocycles. The minimum atomic E-state index is -1.09. The van der Waals surface area contributed by atoms with Crippen molar-refractivity contribution >= 4 is 11.6 Å². The van der Waals surface area contributed by atoms with Crippen molar-refractivity contribution in [2.45, 2.75) is 31.7 Å². The van der Waals surface area contributed by atoms with E-state index < -0.39 is 6.09 Å². The van der Waals surface area contributed by atoms with Crippen LogP contribution in [0.25, 0.3) is 16.8 Å². The normalized spacial score (nSPS) is 17.1. The molecule has 1 aromatic carbocycles. The molecule has 4 rings (SSSR count). The van der Waals surface area contributed by atoms with Crippen LogP contribution in [0.4, 0.5) is 9.18 Å². The predicted octanol–water partition coefficient (Wildman–Crippen LogP) is 3.57. The third-order valence-electron chi connectivity index (χ3n) is 4.71. The van der Waals surface area contributed by atoms with E-state index in [2.05, 4.69) is 15.4 Å². The molecular weight excluding hydrogens is 323 g/mol. The summed E-state index contributed by atoms with van der Waals surface area (Å²) in [6, 6.07) is 6.81. The summed E-state index contributed by atoms with van der Waals surface area (Å²) in [5.41, 5.74) is 2.99. The molecule has 0 radical (unpaired) electrons. The average Bonchev–Trinajstić information content (AvgIpc) is 2.98. The molecule has 0 unspecified atom stereocenters. The van der Waals surface area contributed by atoms with Gasteiger partial charge in [-0.05, 0) is 48.6 Å². The first kappa shape index (κ1) is 15.6. The van der Waals surface area contributed by atoms with Gasteiger partial charge in [0.15, 0.2) is 0 Å². The number of hydrogen-bond donors (Lipinski definition) is 2. The van der Waals surface area contributed by atoms with Crippen LogP contribution >= 0.6 is 0 Å². The molecule has 25 heavy (non-hydrogen) atoms. The Morgan fingerprint density at radius 2 is 2.20 bits per heavy atom. The second kappa shape index (κ2) is 6.16. The number of halogens is 1. The summed E-state index contributed by atoms with van der Waals surface area (Å²) in [5.74, 6) is -0.321. The third kappa shape index (κ3) is 2.71. The summed E-state index contributed by atoms with van der Waals surface area (Å²) in [7, 11) is 0. The van der Waals surface area contributed by atoms with E-state index in [0.717, 1.165) is 23.9 Å². The SMILES string of the molecule is O=C(O)N[C@@H]1CCCCc2c1ccc(-c1ncnn3cccc13)c2F. The largest absolute Gasteiger partial charge is 0.465 e. The average molecular weight is 340 g/mol. The lowest BCUT2D eigenvalue weighted by Crippen LogP contribution is -2.27.